The molecule has 6 rings (SSSR count). The lowest BCUT2D eigenvalue weighted by molar-refractivity contribution is 0.143. The minimum atomic E-state index is -9.81. The Kier molecular flexibility index (Phi) is 4.88. The van der Waals surface area contributed by atoms with Crippen molar-refractivity contribution >= 4 is 32.8 Å². The predicted molar refractivity (Wildman–Crippen MR) is 124 cm³/mol. The van der Waals surface area contributed by atoms with E-state index in [2.05, 4.69) is 15.3 Å². The Hall–Kier alpha value is -2.13. The fourth-order valence-electron chi connectivity index (χ4n) is 5.23. The average Bonchev–Trinajstić information content (AvgIpc) is 3.55. The van der Waals surface area contributed by atoms with Crippen molar-refractivity contribution in [3.63, 3.8) is 0 Å². The number of hydrogen-bond donors (Lipinski definition) is 2. The Balaban J connectivity index is 1.21. The molecule has 3 atom stereocenters. The number of aliphatic hydroxyl groups is 1. The van der Waals surface area contributed by atoms with Gasteiger partial charge in [-0.3, -0.25) is 4.21 Å². The molecule has 0 aromatic carbocycles. The van der Waals surface area contributed by atoms with Gasteiger partial charge in [-0.25, -0.2) is 15.0 Å². The SMILES string of the molecule is O=S1c2c(NC3(CO)CCC3)nc(N3CCC(c4ncc(S(F)(F)(F)(F)F)cn4)CC3)nc2C2CC21. The molecule has 0 radical (unpaired) electrons. The number of halogens is 5. The summed E-state index contributed by atoms with van der Waals surface area (Å²) in [5.41, 5.74) is 0.317. The monoisotopic (exact) mass is 552 g/mol. The average molecular weight is 553 g/mol. The van der Waals surface area contributed by atoms with Gasteiger partial charge in [-0.1, -0.05) is 19.4 Å². The molecule has 2 aliphatic carbocycles. The Labute approximate surface area is 206 Å². The highest BCUT2D eigenvalue weighted by Crippen LogP contribution is 3.01. The van der Waals surface area contributed by atoms with Crippen LogP contribution in [0.3, 0.4) is 0 Å². The van der Waals surface area contributed by atoms with Crippen molar-refractivity contribution in [1.82, 2.24) is 19.9 Å². The van der Waals surface area contributed by atoms with Gasteiger partial charge in [0.1, 0.15) is 21.4 Å². The van der Waals surface area contributed by atoms with E-state index in [-0.39, 0.29) is 41.9 Å². The normalized spacial score (nSPS) is 28.9. The van der Waals surface area contributed by atoms with E-state index in [9.17, 15) is 28.7 Å². The molecular weight excluding hydrogens is 527 g/mol. The first kappa shape index (κ1) is 24.2. The van der Waals surface area contributed by atoms with Gasteiger partial charge in [0.2, 0.25) is 5.95 Å². The molecule has 2 saturated carbocycles. The molecule has 3 unspecified atom stereocenters. The minimum absolute atomic E-state index is 0.0488. The molecule has 2 N–H and O–H groups in total. The number of aliphatic hydroxyl groups excluding tert-OH is 1. The summed E-state index contributed by atoms with van der Waals surface area (Å²) in [5.74, 6) is 0.945. The third kappa shape index (κ3) is 4.12. The lowest BCUT2D eigenvalue weighted by Gasteiger charge is -2.42. The summed E-state index contributed by atoms with van der Waals surface area (Å²) in [7, 11) is -11.0. The smallest absolute Gasteiger partial charge is 0.313 e. The van der Waals surface area contributed by atoms with Crippen LogP contribution in [0.5, 0.6) is 0 Å². The molecule has 0 amide bonds. The standard InChI is InChI=1S/C21H25F5N6O2S2/c22-36(23,24,25,26)13-9-27-18(28-10-13)12-2-6-32(7-3-12)20-29-16-14-8-15(14)35(34)17(16)19(30-20)31-21(11-33)4-1-5-21/h9-10,12,14-15,33H,1-8,11H2,(H,29,30,31). The quantitative estimate of drug-likeness (QED) is 0.501. The Bertz CT molecular complexity index is 1250. The Morgan fingerprint density at radius 2 is 1.78 bits per heavy atom. The number of fused-ring (bicyclic) bond motifs is 3. The number of rotatable bonds is 6. The van der Waals surface area contributed by atoms with Gasteiger partial charge in [-0.2, -0.15) is 4.98 Å². The summed E-state index contributed by atoms with van der Waals surface area (Å²) in [5, 5.41) is 13.3. The van der Waals surface area contributed by atoms with Crippen molar-refractivity contribution in [3.05, 3.63) is 23.9 Å². The van der Waals surface area contributed by atoms with Crippen LogP contribution in [0, 0.1) is 0 Å². The summed E-state index contributed by atoms with van der Waals surface area (Å²) >= 11 is 0. The lowest BCUT2D eigenvalue weighted by atomic mass is 9.77. The number of anilines is 2. The topological polar surface area (TPSA) is 104 Å². The first-order valence-corrected chi connectivity index (χ1v) is 15.0. The summed E-state index contributed by atoms with van der Waals surface area (Å²) in [6, 6.07) is 0. The molecule has 0 spiro atoms. The van der Waals surface area contributed by atoms with Crippen molar-refractivity contribution in [2.45, 2.75) is 70.9 Å². The maximum Gasteiger partial charge on any atom is 0.313 e. The van der Waals surface area contributed by atoms with Gasteiger partial charge >= 0.3 is 10.2 Å². The minimum Gasteiger partial charge on any atom is -0.394 e. The number of nitrogens with zero attached hydrogens (tertiary/aromatic N) is 5. The van der Waals surface area contributed by atoms with E-state index in [1.807, 2.05) is 4.90 Å². The molecule has 0 bridgehead atoms. The van der Waals surface area contributed by atoms with Gasteiger partial charge in [0.15, 0.2) is 0 Å². The fraction of sp³-hybridized carbons (Fsp3) is 0.619. The van der Waals surface area contributed by atoms with Crippen molar-refractivity contribution in [1.29, 1.82) is 0 Å². The predicted octanol–water partition coefficient (Wildman–Crippen LogP) is 4.61. The number of aromatic nitrogens is 4. The largest absolute Gasteiger partial charge is 0.394 e. The van der Waals surface area contributed by atoms with Gasteiger partial charge in [0.05, 0.1) is 41.0 Å². The maximum absolute atomic E-state index is 13.0. The number of nitrogens with one attached hydrogen (secondary N) is 1. The second kappa shape index (κ2) is 7.25. The molecule has 4 heterocycles. The molecule has 2 aromatic heterocycles. The van der Waals surface area contributed by atoms with Crippen molar-refractivity contribution in [2.75, 3.05) is 29.9 Å². The summed E-state index contributed by atoms with van der Waals surface area (Å²) in [6.45, 7) is 0.891. The van der Waals surface area contributed by atoms with E-state index in [0.29, 0.717) is 42.6 Å². The molecule has 8 nitrogen and oxygen atoms in total. The van der Waals surface area contributed by atoms with Crippen LogP contribution >= 0.6 is 10.2 Å². The van der Waals surface area contributed by atoms with Gasteiger partial charge in [0.25, 0.3) is 0 Å². The van der Waals surface area contributed by atoms with Gasteiger partial charge < -0.3 is 15.3 Å². The van der Waals surface area contributed by atoms with Crippen LogP contribution in [0.1, 0.15) is 61.9 Å². The highest BCUT2D eigenvalue weighted by molar-refractivity contribution is 8.45. The maximum atomic E-state index is 13.0. The molecule has 4 aliphatic rings. The molecule has 2 aromatic rings. The van der Waals surface area contributed by atoms with E-state index in [4.69, 9.17) is 9.97 Å². The van der Waals surface area contributed by atoms with Crippen LogP contribution in [-0.4, -0.2) is 59.7 Å². The zero-order valence-corrected chi connectivity index (χ0v) is 20.7. The summed E-state index contributed by atoms with van der Waals surface area (Å²) in [4.78, 5) is 17.2. The highest BCUT2D eigenvalue weighted by Gasteiger charge is 2.66. The van der Waals surface area contributed by atoms with Crippen LogP contribution in [0.4, 0.5) is 31.2 Å². The van der Waals surface area contributed by atoms with Crippen LogP contribution in [0.25, 0.3) is 0 Å². The van der Waals surface area contributed by atoms with Gasteiger partial charge in [0, 0.05) is 30.2 Å². The number of piperidine rings is 1. The third-order valence-corrected chi connectivity index (χ3v) is 10.7. The van der Waals surface area contributed by atoms with Crippen molar-refractivity contribution in [2.24, 2.45) is 0 Å². The zero-order chi connectivity index (χ0) is 25.6. The second-order valence-corrected chi connectivity index (χ2v) is 14.2. The van der Waals surface area contributed by atoms with Gasteiger partial charge in [-0.15, -0.1) is 0 Å². The second-order valence-electron chi connectivity index (χ2n) is 10.2. The Morgan fingerprint density at radius 1 is 1.11 bits per heavy atom. The summed E-state index contributed by atoms with van der Waals surface area (Å²) < 4.78 is 77.7. The molecule has 36 heavy (non-hydrogen) atoms. The van der Waals surface area contributed by atoms with Crippen LogP contribution in [0.2, 0.25) is 0 Å². The highest BCUT2D eigenvalue weighted by atomic mass is 32.5. The molecule has 1 saturated heterocycles. The van der Waals surface area contributed by atoms with Crippen LogP contribution < -0.4 is 10.2 Å². The first-order chi connectivity index (χ1) is 16.8. The summed E-state index contributed by atoms with van der Waals surface area (Å²) in [6.07, 6.45) is 4.71. The van der Waals surface area contributed by atoms with Gasteiger partial charge in [-0.05, 0) is 38.5 Å². The Morgan fingerprint density at radius 3 is 2.33 bits per heavy atom. The van der Waals surface area contributed by atoms with E-state index < -0.39 is 31.5 Å². The van der Waals surface area contributed by atoms with E-state index >= 15 is 0 Å². The van der Waals surface area contributed by atoms with E-state index in [1.54, 1.807) is 0 Å². The van der Waals surface area contributed by atoms with Crippen LogP contribution in [-0.2, 0) is 10.8 Å². The molecule has 3 fully saturated rings. The van der Waals surface area contributed by atoms with E-state index in [1.165, 1.54) is 0 Å². The first-order valence-electron chi connectivity index (χ1n) is 11.8. The zero-order valence-electron chi connectivity index (χ0n) is 19.0. The van der Waals surface area contributed by atoms with E-state index in [0.717, 1.165) is 31.4 Å². The molecule has 15 heteroatoms. The lowest BCUT2D eigenvalue weighted by Crippen LogP contribution is -2.49. The van der Waals surface area contributed by atoms with Crippen molar-refractivity contribution in [3.8, 4) is 0 Å². The van der Waals surface area contributed by atoms with Crippen LogP contribution in [0.15, 0.2) is 22.2 Å². The van der Waals surface area contributed by atoms with Crippen molar-refractivity contribution < 1.29 is 28.7 Å². The number of hydrogen-bond acceptors (Lipinski definition) is 8. The molecular formula is C21H25F5N6O2S2. The third-order valence-electron chi connectivity index (χ3n) is 7.67. The molecule has 2 aliphatic heterocycles. The molecule has 198 valence electrons. The fourth-order valence-corrected chi connectivity index (χ4v) is 7.54.